The maximum absolute atomic E-state index is 13.2. The third-order valence-corrected chi connectivity index (χ3v) is 9.00. The van der Waals surface area contributed by atoms with E-state index in [-0.39, 0.29) is 23.9 Å². The minimum atomic E-state index is -0.826. The third kappa shape index (κ3) is 4.16. The van der Waals surface area contributed by atoms with Crippen molar-refractivity contribution in [2.24, 2.45) is 11.1 Å². The monoisotopic (exact) mass is 466 g/mol. The van der Waals surface area contributed by atoms with E-state index in [9.17, 15) is 9.59 Å². The number of methoxy groups -OCH3 is 1. The molecule has 1 aromatic carbocycles. The highest BCUT2D eigenvalue weighted by Crippen LogP contribution is 2.44. The van der Waals surface area contributed by atoms with E-state index in [4.69, 9.17) is 15.2 Å². The molecule has 1 aromatic heterocycles. The van der Waals surface area contributed by atoms with Gasteiger partial charge >= 0.3 is 5.97 Å². The fourth-order valence-electron chi connectivity index (χ4n) is 3.36. The van der Waals surface area contributed by atoms with E-state index in [1.54, 1.807) is 23.8 Å². The van der Waals surface area contributed by atoms with Crippen LogP contribution in [0.3, 0.4) is 0 Å². The number of benzene rings is 1. The van der Waals surface area contributed by atoms with Crippen molar-refractivity contribution in [1.29, 1.82) is 0 Å². The molecule has 2 aliphatic heterocycles. The van der Waals surface area contributed by atoms with Crippen LogP contribution >= 0.6 is 34.9 Å². The van der Waals surface area contributed by atoms with Crippen LogP contribution in [-0.2, 0) is 20.9 Å². The smallest absolute Gasteiger partial charge is 0.315 e. The second-order valence-electron chi connectivity index (χ2n) is 7.27. The fraction of sp³-hybridized carbons (Fsp3) is 0.474. The van der Waals surface area contributed by atoms with Gasteiger partial charge in [-0.1, -0.05) is 35.2 Å². The Morgan fingerprint density at radius 2 is 2.13 bits per heavy atom. The molecule has 30 heavy (non-hydrogen) atoms. The summed E-state index contributed by atoms with van der Waals surface area (Å²) in [5, 5.41) is 8.98. The van der Waals surface area contributed by atoms with Crippen molar-refractivity contribution in [1.82, 2.24) is 15.1 Å². The molecule has 11 heteroatoms. The molecular weight excluding hydrogens is 444 g/mol. The number of aryl methyl sites for hydroxylation is 1. The Hall–Kier alpha value is -1.82. The number of β-lactam (4-membered cyclic amide) rings is 1. The number of nitrogens with two attached hydrogens (primary N) is 1. The Kier molecular flexibility index (Phi) is 6.24. The van der Waals surface area contributed by atoms with Crippen molar-refractivity contribution in [2.45, 2.75) is 29.3 Å². The lowest BCUT2D eigenvalue weighted by Crippen LogP contribution is -2.72. The summed E-state index contributed by atoms with van der Waals surface area (Å²) in [6, 6.07) is 6.89. The molecular formula is C19H22N4O4S3. The van der Waals surface area contributed by atoms with Crippen LogP contribution in [0.5, 0.6) is 5.75 Å². The maximum atomic E-state index is 13.2. The summed E-state index contributed by atoms with van der Waals surface area (Å²) in [7, 11) is 1.60. The number of aromatic nitrogens is 2. The number of amides is 1. The summed E-state index contributed by atoms with van der Waals surface area (Å²) in [6.07, 6.45) is 0. The Bertz CT molecular complexity index is 938. The van der Waals surface area contributed by atoms with E-state index in [0.717, 1.165) is 20.7 Å². The number of ether oxygens (including phenoxy) is 2. The molecule has 0 spiro atoms. The second-order valence-corrected chi connectivity index (χ2v) is 10.8. The van der Waals surface area contributed by atoms with Crippen LogP contribution in [-0.4, -0.2) is 63.5 Å². The number of hydrogen-bond acceptors (Lipinski definition) is 10. The summed E-state index contributed by atoms with van der Waals surface area (Å²) < 4.78 is 11.7. The molecule has 4 rings (SSSR count). The number of fused-ring (bicyclic) bond motifs is 1. The average molecular weight is 467 g/mol. The highest BCUT2D eigenvalue weighted by atomic mass is 32.2. The predicted octanol–water partition coefficient (Wildman–Crippen LogP) is 1.92. The molecule has 2 aromatic rings. The quantitative estimate of drug-likeness (QED) is 0.372. The van der Waals surface area contributed by atoms with Gasteiger partial charge in [-0.2, -0.15) is 0 Å². The standard InChI is InChI=1S/C19H22N4O4S3/c1-11-21-22-18(30-11)29-10-19(8-23-15(24)14(20)16(23)28-9-19)17(25)27-7-12-3-5-13(26-2)6-4-12/h3-6,14,16H,7-10,20H2,1-2H3/t14?,16-,19?/m1/s1. The van der Waals surface area contributed by atoms with Gasteiger partial charge in [0.2, 0.25) is 5.91 Å². The highest BCUT2D eigenvalue weighted by molar-refractivity contribution is 8.01. The second kappa shape index (κ2) is 8.74. The number of esters is 1. The van der Waals surface area contributed by atoms with E-state index in [2.05, 4.69) is 10.2 Å². The molecule has 0 radical (unpaired) electrons. The topological polar surface area (TPSA) is 108 Å². The first-order chi connectivity index (χ1) is 14.4. The molecule has 0 bridgehead atoms. The zero-order chi connectivity index (χ0) is 21.3. The average Bonchev–Trinajstić information content (AvgIpc) is 3.20. The minimum Gasteiger partial charge on any atom is -0.497 e. The molecule has 1 amide bonds. The highest BCUT2D eigenvalue weighted by Gasteiger charge is 2.56. The Morgan fingerprint density at radius 1 is 1.37 bits per heavy atom. The number of nitrogens with zero attached hydrogens (tertiary/aromatic N) is 3. The Balaban J connectivity index is 1.47. The van der Waals surface area contributed by atoms with E-state index < -0.39 is 11.5 Å². The molecule has 0 saturated carbocycles. The lowest BCUT2D eigenvalue weighted by atomic mass is 9.89. The first-order valence-electron chi connectivity index (χ1n) is 9.33. The summed E-state index contributed by atoms with van der Waals surface area (Å²) in [6.45, 7) is 2.36. The SMILES string of the molecule is COc1ccc(COC(=O)C2(CSc3nnc(C)s3)CS[C@@H]3C(N)C(=O)N3C2)cc1. The first kappa shape index (κ1) is 21.4. The van der Waals surface area contributed by atoms with Crippen LogP contribution in [0.25, 0.3) is 0 Å². The molecule has 2 aliphatic rings. The lowest BCUT2D eigenvalue weighted by molar-refractivity contribution is -0.160. The fourth-order valence-corrected chi connectivity index (χ4v) is 6.97. The Morgan fingerprint density at radius 3 is 2.80 bits per heavy atom. The van der Waals surface area contributed by atoms with Crippen molar-refractivity contribution in [3.05, 3.63) is 34.8 Å². The molecule has 3 heterocycles. The van der Waals surface area contributed by atoms with Gasteiger partial charge in [-0.3, -0.25) is 9.59 Å². The van der Waals surface area contributed by atoms with Gasteiger partial charge in [-0.05, 0) is 24.6 Å². The maximum Gasteiger partial charge on any atom is 0.315 e. The van der Waals surface area contributed by atoms with Crippen LogP contribution in [0.15, 0.2) is 28.6 Å². The van der Waals surface area contributed by atoms with Gasteiger partial charge in [-0.15, -0.1) is 22.0 Å². The molecule has 160 valence electrons. The van der Waals surface area contributed by atoms with Crippen LogP contribution in [0.2, 0.25) is 0 Å². The van der Waals surface area contributed by atoms with Crippen molar-refractivity contribution >= 4 is 46.7 Å². The molecule has 2 fully saturated rings. The lowest BCUT2D eigenvalue weighted by Gasteiger charge is -2.53. The van der Waals surface area contributed by atoms with Crippen molar-refractivity contribution < 1.29 is 19.1 Å². The van der Waals surface area contributed by atoms with Gasteiger partial charge < -0.3 is 20.1 Å². The zero-order valence-corrected chi connectivity index (χ0v) is 19.0. The van der Waals surface area contributed by atoms with Gasteiger partial charge in [0.15, 0.2) is 4.34 Å². The number of rotatable bonds is 7. The minimum absolute atomic E-state index is 0.0613. The van der Waals surface area contributed by atoms with Crippen molar-refractivity contribution in [3.63, 3.8) is 0 Å². The van der Waals surface area contributed by atoms with Gasteiger partial charge in [-0.25, -0.2) is 0 Å². The van der Waals surface area contributed by atoms with Gasteiger partial charge in [0, 0.05) is 18.1 Å². The molecule has 2 unspecified atom stereocenters. The van der Waals surface area contributed by atoms with Gasteiger partial charge in [0.25, 0.3) is 0 Å². The van der Waals surface area contributed by atoms with Gasteiger partial charge in [0.1, 0.15) is 34.2 Å². The zero-order valence-electron chi connectivity index (χ0n) is 16.6. The number of thioether (sulfide) groups is 2. The molecule has 2 N–H and O–H groups in total. The number of hydrogen-bond donors (Lipinski definition) is 1. The third-order valence-electron chi connectivity index (χ3n) is 5.13. The summed E-state index contributed by atoms with van der Waals surface area (Å²) in [4.78, 5) is 27.1. The van der Waals surface area contributed by atoms with Crippen LogP contribution in [0.4, 0.5) is 0 Å². The molecule has 0 aliphatic carbocycles. The predicted molar refractivity (Wildman–Crippen MR) is 117 cm³/mol. The largest absolute Gasteiger partial charge is 0.497 e. The summed E-state index contributed by atoms with van der Waals surface area (Å²) in [5.74, 6) is 1.32. The van der Waals surface area contributed by atoms with Crippen LogP contribution < -0.4 is 10.5 Å². The van der Waals surface area contributed by atoms with Crippen molar-refractivity contribution in [3.8, 4) is 5.75 Å². The summed E-state index contributed by atoms with van der Waals surface area (Å²) >= 11 is 4.51. The van der Waals surface area contributed by atoms with E-state index in [1.807, 2.05) is 31.2 Å². The Labute approximate surface area is 186 Å². The van der Waals surface area contributed by atoms with Crippen LogP contribution in [0.1, 0.15) is 10.6 Å². The van der Waals surface area contributed by atoms with E-state index in [1.165, 1.54) is 23.1 Å². The van der Waals surface area contributed by atoms with Crippen molar-refractivity contribution in [2.75, 3.05) is 25.2 Å². The normalized spacial score (nSPS) is 25.4. The summed E-state index contributed by atoms with van der Waals surface area (Å²) in [5.41, 5.74) is 5.95. The van der Waals surface area contributed by atoms with E-state index in [0.29, 0.717) is 18.1 Å². The number of carbonyl (C=O) groups is 2. The van der Waals surface area contributed by atoms with Gasteiger partial charge in [0.05, 0.1) is 7.11 Å². The molecule has 8 nitrogen and oxygen atoms in total. The van der Waals surface area contributed by atoms with Crippen LogP contribution in [0, 0.1) is 12.3 Å². The number of carbonyl (C=O) groups excluding carboxylic acids is 2. The first-order valence-corrected chi connectivity index (χ1v) is 12.2. The van der Waals surface area contributed by atoms with E-state index >= 15 is 0 Å². The molecule has 2 saturated heterocycles. The molecule has 3 atom stereocenters.